The number of nitrogens with zero attached hydrogens (tertiary/aromatic N) is 1. The second-order valence-electron chi connectivity index (χ2n) is 5.41. The summed E-state index contributed by atoms with van der Waals surface area (Å²) in [5.41, 5.74) is 1.25. The van der Waals surface area contributed by atoms with Gasteiger partial charge in [-0.05, 0) is 59.8 Å². The number of carbonyl (C=O) groups excluding carboxylic acids is 3. The zero-order valence-electron chi connectivity index (χ0n) is 13.3. The van der Waals surface area contributed by atoms with Crippen LogP contribution in [-0.4, -0.2) is 33.6 Å². The van der Waals surface area contributed by atoms with Gasteiger partial charge in [0.25, 0.3) is 11.1 Å². The van der Waals surface area contributed by atoms with Gasteiger partial charge in [0.2, 0.25) is 5.91 Å². The summed E-state index contributed by atoms with van der Waals surface area (Å²) in [6, 6.07) is 13.2. The van der Waals surface area contributed by atoms with Crippen LogP contribution in [0.2, 0.25) is 0 Å². The number of phenols is 1. The molecule has 0 spiro atoms. The van der Waals surface area contributed by atoms with Gasteiger partial charge in [0.1, 0.15) is 12.3 Å². The van der Waals surface area contributed by atoms with Gasteiger partial charge >= 0.3 is 0 Å². The highest BCUT2D eigenvalue weighted by Gasteiger charge is 2.36. The minimum absolute atomic E-state index is 0.0759. The van der Waals surface area contributed by atoms with Crippen molar-refractivity contribution in [3.8, 4) is 5.75 Å². The molecule has 0 bridgehead atoms. The first-order chi connectivity index (χ1) is 12.4. The summed E-state index contributed by atoms with van der Waals surface area (Å²) < 4.78 is 0.911. The van der Waals surface area contributed by atoms with Gasteiger partial charge in [-0.2, -0.15) is 0 Å². The number of nitrogens with one attached hydrogen (secondary N) is 1. The van der Waals surface area contributed by atoms with Gasteiger partial charge < -0.3 is 10.4 Å². The standard InChI is InChI=1S/C18H13BrN2O4S/c19-12-3-1-11(2-4-12)9-15-17(24)21(18(25)26-15)10-16(23)20-13-5-7-14(22)8-6-13/h1-9,22H,10H2,(H,20,23). The van der Waals surface area contributed by atoms with Crippen molar-refractivity contribution in [2.45, 2.75) is 0 Å². The fourth-order valence-electron chi connectivity index (χ4n) is 2.24. The van der Waals surface area contributed by atoms with Gasteiger partial charge in [0.05, 0.1) is 4.91 Å². The van der Waals surface area contributed by atoms with Crippen LogP contribution in [0.4, 0.5) is 10.5 Å². The SMILES string of the molecule is O=C(CN1C(=O)SC(=Cc2ccc(Br)cc2)C1=O)Nc1ccc(O)cc1. The van der Waals surface area contributed by atoms with Crippen LogP contribution in [-0.2, 0) is 9.59 Å². The van der Waals surface area contributed by atoms with E-state index < -0.39 is 17.1 Å². The van der Waals surface area contributed by atoms with Gasteiger partial charge in [-0.3, -0.25) is 19.3 Å². The Bertz CT molecular complexity index is 894. The summed E-state index contributed by atoms with van der Waals surface area (Å²) in [4.78, 5) is 37.8. The average Bonchev–Trinajstić information content (AvgIpc) is 2.86. The first-order valence-electron chi connectivity index (χ1n) is 7.52. The Balaban J connectivity index is 1.67. The smallest absolute Gasteiger partial charge is 0.294 e. The maximum absolute atomic E-state index is 12.4. The molecular weight excluding hydrogens is 420 g/mol. The highest BCUT2D eigenvalue weighted by atomic mass is 79.9. The van der Waals surface area contributed by atoms with E-state index in [1.165, 1.54) is 24.3 Å². The summed E-state index contributed by atoms with van der Waals surface area (Å²) in [5.74, 6) is -0.918. The molecular formula is C18H13BrN2O4S. The molecule has 8 heteroatoms. The number of benzene rings is 2. The maximum Gasteiger partial charge on any atom is 0.294 e. The van der Waals surface area contributed by atoms with Crippen molar-refractivity contribution in [3.63, 3.8) is 0 Å². The van der Waals surface area contributed by atoms with E-state index in [2.05, 4.69) is 21.2 Å². The molecule has 1 heterocycles. The molecule has 0 atom stereocenters. The molecule has 1 aliphatic heterocycles. The summed E-state index contributed by atoms with van der Waals surface area (Å²) in [5, 5.41) is 11.3. The number of hydrogen-bond acceptors (Lipinski definition) is 5. The molecule has 26 heavy (non-hydrogen) atoms. The quantitative estimate of drug-likeness (QED) is 0.566. The van der Waals surface area contributed by atoms with E-state index in [1.807, 2.05) is 24.3 Å². The summed E-state index contributed by atoms with van der Waals surface area (Å²) in [6.07, 6.45) is 1.62. The number of hydrogen-bond donors (Lipinski definition) is 2. The van der Waals surface area contributed by atoms with Gasteiger partial charge in [-0.1, -0.05) is 28.1 Å². The van der Waals surface area contributed by atoms with Crippen LogP contribution in [0.5, 0.6) is 5.75 Å². The molecule has 1 fully saturated rings. The van der Waals surface area contributed by atoms with Crippen LogP contribution in [0, 0.1) is 0 Å². The van der Waals surface area contributed by atoms with Crippen molar-refractivity contribution in [2.24, 2.45) is 0 Å². The minimum atomic E-state index is -0.497. The van der Waals surface area contributed by atoms with E-state index in [1.54, 1.807) is 6.08 Å². The van der Waals surface area contributed by atoms with E-state index in [4.69, 9.17) is 0 Å². The lowest BCUT2D eigenvalue weighted by Crippen LogP contribution is -2.36. The minimum Gasteiger partial charge on any atom is -0.508 e. The largest absolute Gasteiger partial charge is 0.508 e. The van der Waals surface area contributed by atoms with Crippen LogP contribution in [0.25, 0.3) is 6.08 Å². The van der Waals surface area contributed by atoms with E-state index in [9.17, 15) is 19.5 Å². The predicted octanol–water partition coefficient (Wildman–Crippen LogP) is 3.83. The van der Waals surface area contributed by atoms with E-state index in [0.717, 1.165) is 26.7 Å². The average molecular weight is 433 g/mol. The fraction of sp³-hybridized carbons (Fsp3) is 0.0556. The van der Waals surface area contributed by atoms with Gasteiger partial charge in [0, 0.05) is 10.2 Å². The topological polar surface area (TPSA) is 86.7 Å². The lowest BCUT2D eigenvalue weighted by atomic mass is 10.2. The van der Waals surface area contributed by atoms with Crippen molar-refractivity contribution in [3.05, 3.63) is 63.5 Å². The number of thioether (sulfide) groups is 1. The third-order valence-corrected chi connectivity index (χ3v) is 4.93. The highest BCUT2D eigenvalue weighted by Crippen LogP contribution is 2.32. The molecule has 1 aliphatic rings. The second-order valence-corrected chi connectivity index (χ2v) is 7.32. The Hall–Kier alpha value is -2.58. The number of rotatable bonds is 4. The lowest BCUT2D eigenvalue weighted by molar-refractivity contribution is -0.127. The molecule has 3 amide bonds. The normalized spacial score (nSPS) is 15.6. The molecule has 0 aromatic heterocycles. The number of imide groups is 1. The molecule has 3 rings (SSSR count). The second kappa shape index (κ2) is 7.76. The van der Waals surface area contributed by atoms with Gasteiger partial charge in [-0.15, -0.1) is 0 Å². The van der Waals surface area contributed by atoms with Gasteiger partial charge in [0.15, 0.2) is 0 Å². The van der Waals surface area contributed by atoms with E-state index in [-0.39, 0.29) is 17.2 Å². The molecule has 0 aliphatic carbocycles. The van der Waals surface area contributed by atoms with Crippen molar-refractivity contribution in [1.82, 2.24) is 4.90 Å². The number of halogens is 1. The molecule has 0 unspecified atom stereocenters. The molecule has 6 nitrogen and oxygen atoms in total. The van der Waals surface area contributed by atoms with Crippen LogP contribution in [0.3, 0.4) is 0 Å². The molecule has 132 valence electrons. The Labute approximate surface area is 162 Å². The zero-order chi connectivity index (χ0) is 18.7. The van der Waals surface area contributed by atoms with Crippen molar-refractivity contribution in [2.75, 3.05) is 11.9 Å². The maximum atomic E-state index is 12.4. The molecule has 2 N–H and O–H groups in total. The third kappa shape index (κ3) is 4.33. The number of aromatic hydroxyl groups is 1. The van der Waals surface area contributed by atoms with Crippen molar-refractivity contribution >= 4 is 56.5 Å². The Morgan fingerprint density at radius 1 is 1.12 bits per heavy atom. The van der Waals surface area contributed by atoms with E-state index >= 15 is 0 Å². The highest BCUT2D eigenvalue weighted by molar-refractivity contribution is 9.10. The first-order valence-corrected chi connectivity index (χ1v) is 9.13. The summed E-state index contributed by atoms with van der Waals surface area (Å²) in [6.45, 7) is -0.372. The Morgan fingerprint density at radius 2 is 1.77 bits per heavy atom. The van der Waals surface area contributed by atoms with Crippen molar-refractivity contribution < 1.29 is 19.5 Å². The fourth-order valence-corrected chi connectivity index (χ4v) is 3.34. The van der Waals surface area contributed by atoms with Crippen LogP contribution < -0.4 is 5.32 Å². The van der Waals surface area contributed by atoms with Gasteiger partial charge in [-0.25, -0.2) is 0 Å². The number of amides is 3. The van der Waals surface area contributed by atoms with Crippen molar-refractivity contribution in [1.29, 1.82) is 0 Å². The van der Waals surface area contributed by atoms with E-state index in [0.29, 0.717) is 5.69 Å². The number of anilines is 1. The zero-order valence-corrected chi connectivity index (χ0v) is 15.7. The molecule has 2 aromatic rings. The Kier molecular flexibility index (Phi) is 5.43. The van der Waals surface area contributed by atoms with Crippen LogP contribution >= 0.6 is 27.7 Å². The molecule has 2 aromatic carbocycles. The molecule has 0 saturated carbocycles. The number of phenolic OH excluding ortho intramolecular Hbond substituents is 1. The Morgan fingerprint density at radius 3 is 2.42 bits per heavy atom. The summed E-state index contributed by atoms with van der Waals surface area (Å²) >= 11 is 4.14. The predicted molar refractivity (Wildman–Crippen MR) is 104 cm³/mol. The van der Waals surface area contributed by atoms with Crippen LogP contribution in [0.1, 0.15) is 5.56 Å². The number of carbonyl (C=O) groups is 3. The first kappa shape index (κ1) is 18.2. The monoisotopic (exact) mass is 432 g/mol. The molecule has 1 saturated heterocycles. The third-order valence-electron chi connectivity index (χ3n) is 3.49. The summed E-state index contributed by atoms with van der Waals surface area (Å²) in [7, 11) is 0. The lowest BCUT2D eigenvalue weighted by Gasteiger charge is -2.12. The van der Waals surface area contributed by atoms with Crippen LogP contribution in [0.15, 0.2) is 57.9 Å². The molecule has 0 radical (unpaired) electrons.